The van der Waals surface area contributed by atoms with Gasteiger partial charge in [0.25, 0.3) is 5.69 Å². The number of para-hydroxylation sites is 1. The van der Waals surface area contributed by atoms with Gasteiger partial charge in [-0.2, -0.15) is 0 Å². The Morgan fingerprint density at radius 2 is 2.25 bits per heavy atom. The van der Waals surface area contributed by atoms with Crippen LogP contribution in [0.25, 0.3) is 0 Å². The minimum atomic E-state index is -0.296. The Balaban J connectivity index is 1.79. The molecule has 0 amide bonds. The molecule has 5 nitrogen and oxygen atoms in total. The molecule has 0 bridgehead atoms. The van der Waals surface area contributed by atoms with E-state index < -0.39 is 0 Å². The van der Waals surface area contributed by atoms with Gasteiger partial charge >= 0.3 is 0 Å². The first-order chi connectivity index (χ1) is 9.60. The number of nitrogens with one attached hydrogen (secondary N) is 2. The average molecular weight is 275 g/mol. The molecule has 1 saturated heterocycles. The fourth-order valence-electron chi connectivity index (χ4n) is 3.46. The fourth-order valence-corrected chi connectivity index (χ4v) is 3.46. The molecule has 1 unspecified atom stereocenters. The van der Waals surface area contributed by atoms with Gasteiger partial charge in [-0.05, 0) is 51.1 Å². The molecule has 0 radical (unpaired) electrons. The number of benzene rings is 1. The topological polar surface area (TPSA) is 67.2 Å². The van der Waals surface area contributed by atoms with Gasteiger partial charge in [0, 0.05) is 17.6 Å². The van der Waals surface area contributed by atoms with Crippen LogP contribution in [0.4, 0.5) is 11.4 Å². The molecular weight excluding hydrogens is 254 g/mol. The van der Waals surface area contributed by atoms with Crippen LogP contribution in [0.15, 0.2) is 18.2 Å². The van der Waals surface area contributed by atoms with Crippen molar-refractivity contribution in [2.24, 2.45) is 0 Å². The quantitative estimate of drug-likeness (QED) is 0.657. The molecule has 2 aliphatic rings. The van der Waals surface area contributed by atoms with Gasteiger partial charge in [0.1, 0.15) is 5.69 Å². The van der Waals surface area contributed by atoms with E-state index in [1.165, 1.54) is 19.3 Å². The molecule has 1 aromatic rings. The van der Waals surface area contributed by atoms with Crippen LogP contribution in [0.5, 0.6) is 0 Å². The highest BCUT2D eigenvalue weighted by atomic mass is 16.6. The zero-order valence-corrected chi connectivity index (χ0v) is 11.8. The van der Waals surface area contributed by atoms with Gasteiger partial charge in [-0.25, -0.2) is 0 Å². The smallest absolute Gasteiger partial charge is 0.292 e. The second-order valence-corrected chi connectivity index (χ2v) is 6.12. The van der Waals surface area contributed by atoms with Gasteiger partial charge in [0.2, 0.25) is 0 Å². The predicted molar refractivity (Wildman–Crippen MR) is 79.1 cm³/mol. The average Bonchev–Trinajstić information content (AvgIpc) is 2.39. The molecule has 5 heteroatoms. The second kappa shape index (κ2) is 5.05. The Morgan fingerprint density at radius 1 is 1.45 bits per heavy atom. The van der Waals surface area contributed by atoms with Crippen molar-refractivity contribution < 1.29 is 4.92 Å². The first kappa shape index (κ1) is 13.4. The van der Waals surface area contributed by atoms with Crippen LogP contribution >= 0.6 is 0 Å². The number of piperidine rings is 1. The number of nitrogens with zero attached hydrogens (tertiary/aromatic N) is 1. The minimum absolute atomic E-state index is 0.186. The third-order valence-corrected chi connectivity index (χ3v) is 4.74. The van der Waals surface area contributed by atoms with Crippen LogP contribution in [0.1, 0.15) is 37.7 Å². The van der Waals surface area contributed by atoms with Crippen LogP contribution in [0, 0.1) is 17.0 Å². The van der Waals surface area contributed by atoms with Crippen molar-refractivity contribution in [2.45, 2.75) is 50.6 Å². The summed E-state index contributed by atoms with van der Waals surface area (Å²) in [4.78, 5) is 10.9. The highest BCUT2D eigenvalue weighted by Gasteiger charge is 2.41. The minimum Gasteiger partial charge on any atom is -0.376 e. The first-order valence-electron chi connectivity index (χ1n) is 7.35. The normalized spacial score (nSPS) is 24.1. The lowest BCUT2D eigenvalue weighted by molar-refractivity contribution is -0.384. The fraction of sp³-hybridized carbons (Fsp3) is 0.600. The van der Waals surface area contributed by atoms with E-state index >= 15 is 0 Å². The molecule has 1 aliphatic carbocycles. The first-order valence-corrected chi connectivity index (χ1v) is 7.35. The highest BCUT2D eigenvalue weighted by Crippen LogP contribution is 2.40. The number of anilines is 1. The predicted octanol–water partition coefficient (Wildman–Crippen LogP) is 2.99. The Bertz CT molecular complexity index is 526. The number of nitro groups is 1. The van der Waals surface area contributed by atoms with E-state index in [1.807, 2.05) is 13.0 Å². The molecule has 2 fully saturated rings. The van der Waals surface area contributed by atoms with Crippen LogP contribution in [0.2, 0.25) is 0 Å². The van der Waals surface area contributed by atoms with Crippen LogP contribution in [0.3, 0.4) is 0 Å². The van der Waals surface area contributed by atoms with Crippen molar-refractivity contribution >= 4 is 11.4 Å². The number of rotatable bonds is 3. The Hall–Kier alpha value is -1.62. The van der Waals surface area contributed by atoms with Gasteiger partial charge in [0.15, 0.2) is 0 Å². The van der Waals surface area contributed by atoms with Crippen LogP contribution < -0.4 is 10.6 Å². The van der Waals surface area contributed by atoms with Gasteiger partial charge < -0.3 is 10.6 Å². The Kier molecular flexibility index (Phi) is 3.38. The summed E-state index contributed by atoms with van der Waals surface area (Å²) < 4.78 is 0. The van der Waals surface area contributed by atoms with E-state index in [4.69, 9.17) is 0 Å². The van der Waals surface area contributed by atoms with Crippen LogP contribution in [-0.2, 0) is 0 Å². The van der Waals surface area contributed by atoms with Gasteiger partial charge in [-0.1, -0.05) is 12.1 Å². The standard InChI is InChI=1S/C15H21N3O2/c1-11-4-2-5-13(18(19)20)14(11)17-12-6-9-16-15(10-12)7-3-8-15/h2,4-5,12,16-17H,3,6-10H2,1H3. The van der Waals surface area contributed by atoms with Crippen molar-refractivity contribution in [1.29, 1.82) is 0 Å². The maximum Gasteiger partial charge on any atom is 0.292 e. The maximum atomic E-state index is 11.2. The largest absolute Gasteiger partial charge is 0.376 e. The molecule has 3 rings (SSSR count). The zero-order chi connectivity index (χ0) is 14.2. The molecule has 1 heterocycles. The lowest BCUT2D eigenvalue weighted by Crippen LogP contribution is -2.58. The third-order valence-electron chi connectivity index (χ3n) is 4.74. The van der Waals surface area contributed by atoms with Gasteiger partial charge in [-0.3, -0.25) is 10.1 Å². The summed E-state index contributed by atoms with van der Waals surface area (Å²) in [7, 11) is 0. The summed E-state index contributed by atoms with van der Waals surface area (Å²) in [5.74, 6) is 0. The molecule has 20 heavy (non-hydrogen) atoms. The van der Waals surface area contributed by atoms with E-state index in [1.54, 1.807) is 12.1 Å². The lowest BCUT2D eigenvalue weighted by atomic mass is 9.70. The third kappa shape index (κ3) is 2.38. The van der Waals surface area contributed by atoms with Crippen molar-refractivity contribution in [3.8, 4) is 0 Å². The van der Waals surface area contributed by atoms with Crippen molar-refractivity contribution in [3.05, 3.63) is 33.9 Å². The van der Waals surface area contributed by atoms with Crippen LogP contribution in [-0.4, -0.2) is 23.0 Å². The monoisotopic (exact) mass is 275 g/mol. The summed E-state index contributed by atoms with van der Waals surface area (Å²) in [5, 5.41) is 18.2. The summed E-state index contributed by atoms with van der Waals surface area (Å²) in [6.45, 7) is 2.92. The van der Waals surface area contributed by atoms with E-state index in [0.29, 0.717) is 17.3 Å². The highest BCUT2D eigenvalue weighted by molar-refractivity contribution is 5.66. The molecule has 1 spiro atoms. The zero-order valence-electron chi connectivity index (χ0n) is 11.8. The number of aryl methyl sites for hydroxylation is 1. The second-order valence-electron chi connectivity index (χ2n) is 6.12. The van der Waals surface area contributed by atoms with Gasteiger partial charge in [-0.15, -0.1) is 0 Å². The molecule has 1 aliphatic heterocycles. The molecule has 1 saturated carbocycles. The molecule has 1 atom stereocenters. The number of hydrogen-bond donors (Lipinski definition) is 2. The summed E-state index contributed by atoms with van der Waals surface area (Å²) in [5.41, 5.74) is 2.12. The van der Waals surface area contributed by atoms with Gasteiger partial charge in [0.05, 0.1) is 4.92 Å². The summed E-state index contributed by atoms with van der Waals surface area (Å²) in [6.07, 6.45) is 5.86. The molecule has 1 aromatic carbocycles. The van der Waals surface area contributed by atoms with Crippen molar-refractivity contribution in [2.75, 3.05) is 11.9 Å². The van der Waals surface area contributed by atoms with E-state index in [-0.39, 0.29) is 10.6 Å². The van der Waals surface area contributed by atoms with E-state index in [2.05, 4.69) is 10.6 Å². The number of hydrogen-bond acceptors (Lipinski definition) is 4. The summed E-state index contributed by atoms with van der Waals surface area (Å²) >= 11 is 0. The Labute approximate surface area is 118 Å². The summed E-state index contributed by atoms with van der Waals surface area (Å²) in [6, 6.07) is 5.58. The lowest BCUT2D eigenvalue weighted by Gasteiger charge is -2.48. The van der Waals surface area contributed by atoms with Crippen molar-refractivity contribution in [3.63, 3.8) is 0 Å². The Morgan fingerprint density at radius 3 is 2.90 bits per heavy atom. The SMILES string of the molecule is Cc1cccc([N+](=O)[O-])c1NC1CCNC2(CCC2)C1. The molecule has 0 aromatic heterocycles. The van der Waals surface area contributed by atoms with E-state index in [0.717, 1.165) is 24.9 Å². The maximum absolute atomic E-state index is 11.2. The molecular formula is C15H21N3O2. The van der Waals surface area contributed by atoms with Crippen molar-refractivity contribution in [1.82, 2.24) is 5.32 Å². The number of nitro benzene ring substituents is 1. The molecule has 2 N–H and O–H groups in total. The molecule has 108 valence electrons. The van der Waals surface area contributed by atoms with E-state index in [9.17, 15) is 10.1 Å².